The first-order chi connectivity index (χ1) is 9.78. The standard InChI is InChI=1S/C17H29NO3/c1-11-10-17(2,3)8-7-14(11)18-15(19)12-5-4-6-13(9-12)16(20)21/h11-14H,4-10H2,1-3H3,(H,18,19)(H,20,21). The minimum Gasteiger partial charge on any atom is -0.481 e. The SMILES string of the molecule is CC1CC(C)(C)CCC1NC(=O)C1CCCC(C(=O)O)C1. The highest BCUT2D eigenvalue weighted by Crippen LogP contribution is 2.39. The average Bonchev–Trinajstić information content (AvgIpc) is 2.41. The molecule has 2 fully saturated rings. The minimum atomic E-state index is -0.750. The molecule has 4 heteroatoms. The van der Waals surface area contributed by atoms with E-state index in [2.05, 4.69) is 26.1 Å². The molecule has 2 aliphatic carbocycles. The number of nitrogens with one attached hydrogen (secondary N) is 1. The van der Waals surface area contributed by atoms with Crippen LogP contribution in [-0.4, -0.2) is 23.0 Å². The van der Waals surface area contributed by atoms with E-state index >= 15 is 0 Å². The Balaban J connectivity index is 1.88. The first-order valence-electron chi connectivity index (χ1n) is 8.32. The fourth-order valence-corrected chi connectivity index (χ4v) is 4.11. The van der Waals surface area contributed by atoms with E-state index in [0.717, 1.165) is 32.1 Å². The van der Waals surface area contributed by atoms with Gasteiger partial charge in [0.05, 0.1) is 5.92 Å². The number of hydrogen-bond acceptors (Lipinski definition) is 2. The molecular formula is C17H29NO3. The van der Waals surface area contributed by atoms with Crippen LogP contribution in [0.3, 0.4) is 0 Å². The molecule has 0 saturated heterocycles. The van der Waals surface area contributed by atoms with Gasteiger partial charge in [-0.1, -0.05) is 27.2 Å². The molecule has 2 rings (SSSR count). The molecule has 2 N–H and O–H groups in total. The van der Waals surface area contributed by atoms with Crippen molar-refractivity contribution in [1.82, 2.24) is 5.32 Å². The first kappa shape index (κ1) is 16.3. The molecule has 4 atom stereocenters. The molecule has 0 aromatic rings. The van der Waals surface area contributed by atoms with Crippen molar-refractivity contribution in [3.05, 3.63) is 0 Å². The lowest BCUT2D eigenvalue weighted by Gasteiger charge is -2.40. The second kappa shape index (κ2) is 6.37. The van der Waals surface area contributed by atoms with Crippen LogP contribution in [0.25, 0.3) is 0 Å². The summed E-state index contributed by atoms with van der Waals surface area (Å²) in [5, 5.41) is 12.3. The summed E-state index contributed by atoms with van der Waals surface area (Å²) in [6, 6.07) is 0.260. The van der Waals surface area contributed by atoms with Crippen molar-refractivity contribution >= 4 is 11.9 Å². The molecule has 21 heavy (non-hydrogen) atoms. The fraction of sp³-hybridized carbons (Fsp3) is 0.882. The largest absolute Gasteiger partial charge is 0.481 e. The highest BCUT2D eigenvalue weighted by atomic mass is 16.4. The molecule has 0 aliphatic heterocycles. The van der Waals surface area contributed by atoms with Gasteiger partial charge in [0.1, 0.15) is 0 Å². The van der Waals surface area contributed by atoms with E-state index in [-0.39, 0.29) is 23.8 Å². The summed E-state index contributed by atoms with van der Waals surface area (Å²) in [6.07, 6.45) is 6.23. The number of carboxylic acid groups (broad SMARTS) is 1. The zero-order valence-corrected chi connectivity index (χ0v) is 13.5. The van der Waals surface area contributed by atoms with Gasteiger partial charge in [-0.3, -0.25) is 9.59 Å². The lowest BCUT2D eigenvalue weighted by Crippen LogP contribution is -2.47. The van der Waals surface area contributed by atoms with E-state index in [1.54, 1.807) is 0 Å². The molecule has 120 valence electrons. The number of amides is 1. The number of hydrogen-bond donors (Lipinski definition) is 2. The summed E-state index contributed by atoms with van der Waals surface area (Å²) >= 11 is 0. The third-order valence-electron chi connectivity index (χ3n) is 5.42. The Labute approximate surface area is 127 Å². The number of rotatable bonds is 3. The van der Waals surface area contributed by atoms with Gasteiger partial charge in [-0.15, -0.1) is 0 Å². The molecular weight excluding hydrogens is 266 g/mol. The maximum atomic E-state index is 12.4. The van der Waals surface area contributed by atoms with E-state index in [4.69, 9.17) is 5.11 Å². The predicted molar refractivity (Wildman–Crippen MR) is 81.8 cm³/mol. The van der Waals surface area contributed by atoms with Crippen LogP contribution in [0.15, 0.2) is 0 Å². The fourth-order valence-electron chi connectivity index (χ4n) is 4.11. The lowest BCUT2D eigenvalue weighted by molar-refractivity contribution is -0.144. The molecule has 2 aliphatic rings. The average molecular weight is 295 g/mol. The summed E-state index contributed by atoms with van der Waals surface area (Å²) in [7, 11) is 0. The molecule has 4 nitrogen and oxygen atoms in total. The summed E-state index contributed by atoms with van der Waals surface area (Å²) in [5.74, 6) is -0.617. The second-order valence-electron chi connectivity index (χ2n) is 7.90. The Morgan fingerprint density at radius 3 is 2.43 bits per heavy atom. The molecule has 0 heterocycles. The van der Waals surface area contributed by atoms with Crippen LogP contribution in [0.4, 0.5) is 0 Å². The van der Waals surface area contributed by atoms with E-state index in [1.807, 2.05) is 0 Å². The van der Waals surface area contributed by atoms with E-state index in [1.165, 1.54) is 0 Å². The van der Waals surface area contributed by atoms with Crippen molar-refractivity contribution in [2.24, 2.45) is 23.2 Å². The van der Waals surface area contributed by atoms with Gasteiger partial charge in [0.2, 0.25) is 5.91 Å². The Bertz CT molecular complexity index is 405. The van der Waals surface area contributed by atoms with E-state index in [0.29, 0.717) is 24.2 Å². The number of carbonyl (C=O) groups excluding carboxylic acids is 1. The van der Waals surface area contributed by atoms with Crippen LogP contribution in [0.1, 0.15) is 65.7 Å². The molecule has 2 saturated carbocycles. The predicted octanol–water partition coefficient (Wildman–Crippen LogP) is 3.21. The highest BCUT2D eigenvalue weighted by Gasteiger charge is 2.36. The Morgan fingerprint density at radius 1 is 1.14 bits per heavy atom. The molecule has 0 aromatic heterocycles. The summed E-state index contributed by atoms with van der Waals surface area (Å²) < 4.78 is 0. The first-order valence-corrected chi connectivity index (χ1v) is 8.32. The Morgan fingerprint density at radius 2 is 1.81 bits per heavy atom. The van der Waals surface area contributed by atoms with Crippen LogP contribution in [-0.2, 0) is 9.59 Å². The maximum Gasteiger partial charge on any atom is 0.306 e. The van der Waals surface area contributed by atoms with Gasteiger partial charge in [0.15, 0.2) is 0 Å². The van der Waals surface area contributed by atoms with Gasteiger partial charge in [0.25, 0.3) is 0 Å². The van der Waals surface area contributed by atoms with Gasteiger partial charge in [-0.25, -0.2) is 0 Å². The normalized spacial score (nSPS) is 36.0. The van der Waals surface area contributed by atoms with Gasteiger partial charge in [0, 0.05) is 12.0 Å². The van der Waals surface area contributed by atoms with Crippen LogP contribution in [0, 0.1) is 23.2 Å². The Hall–Kier alpha value is -1.06. The topological polar surface area (TPSA) is 66.4 Å². The van der Waals surface area contributed by atoms with Gasteiger partial charge in [-0.2, -0.15) is 0 Å². The van der Waals surface area contributed by atoms with Crippen molar-refractivity contribution < 1.29 is 14.7 Å². The van der Waals surface area contributed by atoms with E-state index < -0.39 is 5.97 Å². The molecule has 4 unspecified atom stereocenters. The minimum absolute atomic E-state index is 0.0810. The van der Waals surface area contributed by atoms with Gasteiger partial charge < -0.3 is 10.4 Å². The zero-order valence-electron chi connectivity index (χ0n) is 13.5. The van der Waals surface area contributed by atoms with Crippen LogP contribution < -0.4 is 5.32 Å². The monoisotopic (exact) mass is 295 g/mol. The van der Waals surface area contributed by atoms with Gasteiger partial charge in [-0.05, 0) is 49.9 Å². The number of carboxylic acids is 1. The van der Waals surface area contributed by atoms with Crippen molar-refractivity contribution in [3.8, 4) is 0 Å². The third-order valence-corrected chi connectivity index (χ3v) is 5.42. The summed E-state index contributed by atoms with van der Waals surface area (Å²) in [4.78, 5) is 23.5. The highest BCUT2D eigenvalue weighted by molar-refractivity contribution is 5.80. The smallest absolute Gasteiger partial charge is 0.306 e. The molecule has 0 radical (unpaired) electrons. The van der Waals surface area contributed by atoms with Crippen LogP contribution >= 0.6 is 0 Å². The molecule has 0 aromatic carbocycles. The zero-order chi connectivity index (χ0) is 15.6. The van der Waals surface area contributed by atoms with Crippen molar-refractivity contribution in [3.63, 3.8) is 0 Å². The maximum absolute atomic E-state index is 12.4. The summed E-state index contributed by atoms with van der Waals surface area (Å²) in [5.41, 5.74) is 0.375. The molecule has 1 amide bonds. The number of aliphatic carboxylic acids is 1. The van der Waals surface area contributed by atoms with Crippen LogP contribution in [0.5, 0.6) is 0 Å². The quantitative estimate of drug-likeness (QED) is 0.840. The second-order valence-corrected chi connectivity index (χ2v) is 7.90. The lowest BCUT2D eigenvalue weighted by atomic mass is 9.70. The van der Waals surface area contributed by atoms with Crippen molar-refractivity contribution in [2.45, 2.75) is 71.8 Å². The van der Waals surface area contributed by atoms with Crippen LogP contribution in [0.2, 0.25) is 0 Å². The summed E-state index contributed by atoms with van der Waals surface area (Å²) in [6.45, 7) is 6.80. The van der Waals surface area contributed by atoms with Crippen molar-refractivity contribution in [2.75, 3.05) is 0 Å². The molecule has 0 bridgehead atoms. The van der Waals surface area contributed by atoms with Crippen molar-refractivity contribution in [1.29, 1.82) is 0 Å². The third kappa shape index (κ3) is 4.21. The van der Waals surface area contributed by atoms with Gasteiger partial charge >= 0.3 is 5.97 Å². The van der Waals surface area contributed by atoms with E-state index in [9.17, 15) is 9.59 Å². The Kier molecular flexibility index (Phi) is 4.95. The molecule has 0 spiro atoms. The number of carbonyl (C=O) groups is 2.